The fourth-order valence-corrected chi connectivity index (χ4v) is 8.07. The van der Waals surface area contributed by atoms with Crippen molar-refractivity contribution in [1.29, 1.82) is 0 Å². The molecule has 0 bridgehead atoms. The van der Waals surface area contributed by atoms with Crippen LogP contribution in [0.5, 0.6) is 0 Å². The molecule has 2 amide bonds. The number of amides is 2. The highest BCUT2D eigenvalue weighted by Crippen LogP contribution is 2.12. The monoisotopic (exact) mass is 898 g/mol. The van der Waals surface area contributed by atoms with Crippen LogP contribution in [0.3, 0.4) is 0 Å². The Morgan fingerprint density at radius 1 is 0.391 bits per heavy atom. The zero-order chi connectivity index (χ0) is 46.7. The second kappa shape index (κ2) is 51.7. The van der Waals surface area contributed by atoms with Gasteiger partial charge in [0.25, 0.3) is 0 Å². The van der Waals surface area contributed by atoms with Gasteiger partial charge in [-0.3, -0.25) is 9.59 Å². The summed E-state index contributed by atoms with van der Waals surface area (Å²) >= 11 is 0. The van der Waals surface area contributed by atoms with Crippen LogP contribution in [0.2, 0.25) is 0 Å². The Bertz CT molecular complexity index is 1050. The number of unbranched alkanes of at least 4 members (excludes halogenated alkanes) is 19. The highest BCUT2D eigenvalue weighted by Gasteiger charge is 2.15. The number of allylic oxidation sites excluding steroid dienone is 8. The molecule has 0 unspecified atom stereocenters. The van der Waals surface area contributed by atoms with Gasteiger partial charge in [-0.05, 0) is 174 Å². The van der Waals surface area contributed by atoms with Gasteiger partial charge in [0.15, 0.2) is 0 Å². The van der Waals surface area contributed by atoms with E-state index in [1.165, 1.54) is 116 Å². The largest absolute Gasteiger partial charge is 0.347 e. The molecule has 0 fully saturated rings. The number of rotatable bonds is 50. The van der Waals surface area contributed by atoms with Crippen LogP contribution in [0, 0.1) is 0 Å². The molecule has 0 aliphatic carbocycles. The zero-order valence-corrected chi connectivity index (χ0v) is 42.4. The molecule has 0 saturated heterocycles. The van der Waals surface area contributed by atoms with E-state index in [-0.39, 0.29) is 18.4 Å². The second-order valence-corrected chi connectivity index (χ2v) is 18.2. The van der Waals surface area contributed by atoms with Crippen LogP contribution in [0.4, 0.5) is 0 Å². The van der Waals surface area contributed by atoms with E-state index in [2.05, 4.69) is 77.6 Å². The van der Waals surface area contributed by atoms with Crippen molar-refractivity contribution < 1.29 is 9.59 Å². The standard InChI is InChI=1S/C55H107N7O2/c1-3-5-7-9-11-13-15-17-19-21-23-25-27-29-31-34-51-62(52-35-32-30-28-26-24-22-20-18-16-14-12-10-8-6-4-2)55(64)53-59-54(63)41-33-36-45-60(46-37-42-56)49-40-50-61(47-38-43-57)48-39-44-58/h11-14,17-20H,3-10,15-16,21-53,56-58H2,1-2H3,(H,59,63)/b13-11-,14-12-,19-17-,20-18-. The van der Waals surface area contributed by atoms with Crippen LogP contribution >= 0.6 is 0 Å². The minimum absolute atomic E-state index is 0.0142. The summed E-state index contributed by atoms with van der Waals surface area (Å²) in [6.07, 6.45) is 54.1. The van der Waals surface area contributed by atoms with Crippen LogP contribution in [-0.4, -0.2) is 105 Å². The predicted molar refractivity (Wildman–Crippen MR) is 281 cm³/mol. The highest BCUT2D eigenvalue weighted by atomic mass is 16.2. The SMILES string of the molecule is CCCCC/C=C\C/C=C\CCCCCCCCN(CCCCCCCC/C=C\C/C=C\CCCCC)C(=O)CNC(=O)CCCCN(CCCN)CCCN(CCCN)CCCN. The van der Waals surface area contributed by atoms with Gasteiger partial charge in [-0.15, -0.1) is 0 Å². The van der Waals surface area contributed by atoms with Crippen LogP contribution in [0.25, 0.3) is 0 Å². The summed E-state index contributed by atoms with van der Waals surface area (Å²) in [7, 11) is 0. The Hall–Kier alpha value is -2.30. The van der Waals surface area contributed by atoms with Crippen molar-refractivity contribution in [3.8, 4) is 0 Å². The van der Waals surface area contributed by atoms with Gasteiger partial charge in [-0.25, -0.2) is 0 Å². The minimum Gasteiger partial charge on any atom is -0.347 e. The predicted octanol–water partition coefficient (Wildman–Crippen LogP) is 11.8. The third-order valence-electron chi connectivity index (χ3n) is 12.2. The van der Waals surface area contributed by atoms with E-state index in [0.29, 0.717) is 13.0 Å². The number of carbonyl (C=O) groups excluding carboxylic acids is 2. The molecule has 374 valence electrons. The van der Waals surface area contributed by atoms with Gasteiger partial charge in [-0.2, -0.15) is 0 Å². The van der Waals surface area contributed by atoms with Crippen molar-refractivity contribution in [1.82, 2.24) is 20.0 Å². The van der Waals surface area contributed by atoms with E-state index < -0.39 is 0 Å². The smallest absolute Gasteiger partial charge is 0.241 e. The van der Waals surface area contributed by atoms with Gasteiger partial charge in [0.1, 0.15) is 0 Å². The molecule has 0 aliphatic rings. The lowest BCUT2D eigenvalue weighted by molar-refractivity contribution is -0.133. The molecule has 0 aromatic rings. The Kier molecular flexibility index (Phi) is 49.8. The van der Waals surface area contributed by atoms with Gasteiger partial charge in [0, 0.05) is 19.5 Å². The lowest BCUT2D eigenvalue weighted by atomic mass is 10.1. The Morgan fingerprint density at radius 2 is 0.734 bits per heavy atom. The average Bonchev–Trinajstić information content (AvgIpc) is 3.30. The van der Waals surface area contributed by atoms with Gasteiger partial charge < -0.3 is 37.2 Å². The third-order valence-corrected chi connectivity index (χ3v) is 12.2. The summed E-state index contributed by atoms with van der Waals surface area (Å²) < 4.78 is 0. The quantitative estimate of drug-likeness (QED) is 0.0353. The van der Waals surface area contributed by atoms with Gasteiger partial charge in [0.2, 0.25) is 11.8 Å². The highest BCUT2D eigenvalue weighted by molar-refractivity contribution is 5.84. The molecule has 7 N–H and O–H groups in total. The summed E-state index contributed by atoms with van der Waals surface area (Å²) in [6.45, 7) is 14.4. The van der Waals surface area contributed by atoms with E-state index in [1.807, 2.05) is 4.90 Å². The van der Waals surface area contributed by atoms with Gasteiger partial charge in [0.05, 0.1) is 6.54 Å². The third kappa shape index (κ3) is 44.9. The maximum Gasteiger partial charge on any atom is 0.241 e. The first-order chi connectivity index (χ1) is 31.5. The average molecular weight is 899 g/mol. The van der Waals surface area contributed by atoms with E-state index in [0.717, 1.165) is 142 Å². The molecule has 0 spiro atoms. The van der Waals surface area contributed by atoms with Crippen LogP contribution in [-0.2, 0) is 9.59 Å². The van der Waals surface area contributed by atoms with Gasteiger partial charge >= 0.3 is 0 Å². The molecule has 0 heterocycles. The molecule has 0 saturated carbocycles. The number of nitrogens with one attached hydrogen (secondary N) is 1. The van der Waals surface area contributed by atoms with Crippen molar-refractivity contribution >= 4 is 11.8 Å². The van der Waals surface area contributed by atoms with Crippen molar-refractivity contribution in [3.63, 3.8) is 0 Å². The first kappa shape index (κ1) is 61.7. The molecule has 0 aliphatic heterocycles. The number of hydrogen-bond donors (Lipinski definition) is 4. The molecule has 0 radical (unpaired) electrons. The zero-order valence-electron chi connectivity index (χ0n) is 42.4. The lowest BCUT2D eigenvalue weighted by Crippen LogP contribution is -2.41. The minimum atomic E-state index is -0.0142. The first-order valence-electron chi connectivity index (χ1n) is 27.2. The van der Waals surface area contributed by atoms with Crippen molar-refractivity contribution in [3.05, 3.63) is 48.6 Å². The molecular formula is C55H107N7O2. The summed E-state index contributed by atoms with van der Waals surface area (Å²) in [5.41, 5.74) is 17.4. The van der Waals surface area contributed by atoms with Crippen molar-refractivity contribution in [2.24, 2.45) is 17.2 Å². The van der Waals surface area contributed by atoms with Crippen LogP contribution in [0.1, 0.15) is 213 Å². The number of nitrogens with two attached hydrogens (primary N) is 3. The summed E-state index contributed by atoms with van der Waals surface area (Å²) in [6, 6.07) is 0. The maximum absolute atomic E-state index is 13.5. The first-order valence-corrected chi connectivity index (χ1v) is 27.2. The molecule has 0 aromatic heterocycles. The lowest BCUT2D eigenvalue weighted by Gasteiger charge is -2.26. The summed E-state index contributed by atoms with van der Waals surface area (Å²) in [5, 5.41) is 2.98. The molecule has 0 atom stereocenters. The summed E-state index contributed by atoms with van der Waals surface area (Å²) in [5.74, 6) is 0.0538. The van der Waals surface area contributed by atoms with E-state index in [4.69, 9.17) is 17.2 Å². The van der Waals surface area contributed by atoms with E-state index >= 15 is 0 Å². The topological polar surface area (TPSA) is 134 Å². The Morgan fingerprint density at radius 3 is 1.14 bits per heavy atom. The number of carbonyl (C=O) groups is 2. The van der Waals surface area contributed by atoms with Crippen molar-refractivity contribution in [2.75, 3.05) is 78.5 Å². The Balaban J connectivity index is 4.68. The second-order valence-electron chi connectivity index (χ2n) is 18.2. The molecule has 0 aromatic carbocycles. The molecule has 64 heavy (non-hydrogen) atoms. The van der Waals surface area contributed by atoms with Crippen LogP contribution < -0.4 is 22.5 Å². The molecule has 0 rings (SSSR count). The normalized spacial score (nSPS) is 12.2. The van der Waals surface area contributed by atoms with E-state index in [1.54, 1.807) is 0 Å². The van der Waals surface area contributed by atoms with Crippen LogP contribution in [0.15, 0.2) is 48.6 Å². The Labute approximate surface area is 397 Å². The number of nitrogens with zero attached hydrogens (tertiary/aromatic N) is 3. The van der Waals surface area contributed by atoms with E-state index in [9.17, 15) is 9.59 Å². The van der Waals surface area contributed by atoms with Crippen molar-refractivity contribution in [2.45, 2.75) is 213 Å². The maximum atomic E-state index is 13.5. The summed E-state index contributed by atoms with van der Waals surface area (Å²) in [4.78, 5) is 33.4. The fourth-order valence-electron chi connectivity index (χ4n) is 8.07. The molecule has 9 heteroatoms. The number of hydrogen-bond acceptors (Lipinski definition) is 7. The van der Waals surface area contributed by atoms with Gasteiger partial charge in [-0.1, -0.05) is 140 Å². The molecule has 9 nitrogen and oxygen atoms in total. The molecular weight excluding hydrogens is 791 g/mol. The fraction of sp³-hybridized carbons (Fsp3) is 0.818.